The highest BCUT2D eigenvalue weighted by atomic mass is 19.4. The van der Waals surface area contributed by atoms with E-state index in [1.165, 1.54) is 43.3 Å². The number of carbonyl (C=O) groups excluding carboxylic acids is 4. The number of halogens is 6. The van der Waals surface area contributed by atoms with E-state index >= 15 is 0 Å². The molecule has 0 bridgehead atoms. The molecule has 258 valence electrons. The molecule has 0 saturated carbocycles. The molecule has 0 spiro atoms. The number of ether oxygens (including phenoxy) is 5. The van der Waals surface area contributed by atoms with Crippen molar-refractivity contribution in [1.29, 1.82) is 0 Å². The summed E-state index contributed by atoms with van der Waals surface area (Å²) in [5.41, 5.74) is -8.90. The van der Waals surface area contributed by atoms with E-state index in [-0.39, 0.29) is 6.42 Å². The first kappa shape index (κ1) is 37.5. The summed E-state index contributed by atoms with van der Waals surface area (Å²) in [7, 11) is 1.19. The van der Waals surface area contributed by atoms with E-state index in [9.17, 15) is 45.5 Å². The predicted octanol–water partition coefficient (Wildman–Crippen LogP) is 5.87. The van der Waals surface area contributed by atoms with Gasteiger partial charge in [-0.3, -0.25) is 9.59 Å². The number of hydrogen-bond donors (Lipinski definition) is 0. The molecular formula is C32H34F6O9. The van der Waals surface area contributed by atoms with Gasteiger partial charge in [0.15, 0.2) is 12.2 Å². The first-order valence-electron chi connectivity index (χ1n) is 14.5. The van der Waals surface area contributed by atoms with Crippen molar-refractivity contribution in [3.8, 4) is 0 Å². The van der Waals surface area contributed by atoms with Crippen LogP contribution in [-0.2, 0) is 54.1 Å². The summed E-state index contributed by atoms with van der Waals surface area (Å²) in [6.07, 6.45) is -16.4. The van der Waals surface area contributed by atoms with Crippen LogP contribution >= 0.6 is 0 Å². The number of alkyl halides is 6. The molecule has 47 heavy (non-hydrogen) atoms. The highest BCUT2D eigenvalue weighted by Crippen LogP contribution is 2.45. The quantitative estimate of drug-likeness (QED) is 0.192. The van der Waals surface area contributed by atoms with Crippen molar-refractivity contribution in [1.82, 2.24) is 0 Å². The molecule has 0 unspecified atom stereocenters. The predicted molar refractivity (Wildman–Crippen MR) is 150 cm³/mol. The second kappa shape index (κ2) is 15.3. The lowest BCUT2D eigenvalue weighted by molar-refractivity contribution is -0.278. The standard InChI is InChI=1S/C32H34F6O9/c1-20-13-7-4-12-18-23(46-27(41)29(43-2,31(33,34)35)21-14-8-5-9-15-21)26(40)24(19-25(39)45-20)47-28(42)30(44-3,32(36,37)38)22-16-10-6-11-17-22/h5-6,8-11,14-17,20,23-24H,4,7,12-13,18-19H2,1-3H3/t20-,23-,24+,29+,30+/m0/s1. The van der Waals surface area contributed by atoms with Gasteiger partial charge in [-0.2, -0.15) is 26.3 Å². The van der Waals surface area contributed by atoms with Crippen LogP contribution in [0.15, 0.2) is 60.7 Å². The topological polar surface area (TPSA) is 114 Å². The van der Waals surface area contributed by atoms with Crippen molar-refractivity contribution in [2.75, 3.05) is 14.2 Å². The lowest BCUT2D eigenvalue weighted by atomic mass is 9.91. The summed E-state index contributed by atoms with van der Waals surface area (Å²) in [4.78, 5) is 53.5. The van der Waals surface area contributed by atoms with E-state index in [1.807, 2.05) is 0 Å². The molecule has 0 radical (unpaired) electrons. The van der Waals surface area contributed by atoms with Crippen LogP contribution in [0.4, 0.5) is 26.3 Å². The van der Waals surface area contributed by atoms with Gasteiger partial charge in [-0.05, 0) is 32.6 Å². The molecule has 5 atom stereocenters. The molecule has 3 rings (SSSR count). The molecule has 1 aliphatic heterocycles. The molecule has 0 aliphatic carbocycles. The zero-order valence-electron chi connectivity index (χ0n) is 25.7. The van der Waals surface area contributed by atoms with Crippen LogP contribution in [0.5, 0.6) is 0 Å². The molecule has 1 saturated heterocycles. The SMILES string of the molecule is CO[C@@](C(=O)O[C@H]1CCCCC[C@H](C)OC(=O)C[C@@H](OC(=O)[C@](OC)(c2ccccc2)C(F)(F)F)C1=O)(c1ccccc1)C(F)(F)F. The second-order valence-electron chi connectivity index (χ2n) is 10.8. The summed E-state index contributed by atoms with van der Waals surface area (Å²) in [5, 5.41) is 0. The average Bonchev–Trinajstić information content (AvgIpc) is 3.00. The summed E-state index contributed by atoms with van der Waals surface area (Å²) >= 11 is 0. The number of methoxy groups -OCH3 is 2. The number of carbonyl (C=O) groups is 4. The first-order chi connectivity index (χ1) is 22.0. The Hall–Kier alpha value is -3.98. The van der Waals surface area contributed by atoms with Crippen molar-refractivity contribution in [2.24, 2.45) is 0 Å². The minimum atomic E-state index is -5.46. The maximum absolute atomic E-state index is 14.6. The zero-order valence-corrected chi connectivity index (χ0v) is 25.7. The summed E-state index contributed by atoms with van der Waals surface area (Å²) in [6, 6.07) is 11.3. The van der Waals surface area contributed by atoms with Gasteiger partial charge >= 0.3 is 30.3 Å². The number of hydrogen-bond acceptors (Lipinski definition) is 9. The van der Waals surface area contributed by atoms with Crippen LogP contribution in [0.1, 0.15) is 56.6 Å². The van der Waals surface area contributed by atoms with E-state index in [0.29, 0.717) is 33.5 Å². The maximum Gasteiger partial charge on any atom is 0.432 e. The molecule has 2 aromatic rings. The van der Waals surface area contributed by atoms with Gasteiger partial charge in [-0.25, -0.2) is 9.59 Å². The van der Waals surface area contributed by atoms with Crippen molar-refractivity contribution in [3.63, 3.8) is 0 Å². The third-order valence-electron chi connectivity index (χ3n) is 7.74. The van der Waals surface area contributed by atoms with Gasteiger partial charge in [0.1, 0.15) is 0 Å². The van der Waals surface area contributed by atoms with Crippen molar-refractivity contribution in [3.05, 3.63) is 71.8 Å². The van der Waals surface area contributed by atoms with E-state index in [0.717, 1.165) is 24.3 Å². The molecule has 0 N–H and O–H groups in total. The molecule has 1 aliphatic rings. The van der Waals surface area contributed by atoms with Crippen LogP contribution in [0.3, 0.4) is 0 Å². The third kappa shape index (κ3) is 7.95. The summed E-state index contributed by atoms with van der Waals surface area (Å²) in [6.45, 7) is 1.54. The largest absolute Gasteiger partial charge is 0.463 e. The highest BCUT2D eigenvalue weighted by Gasteiger charge is 2.66. The Labute approximate surface area is 266 Å². The molecule has 15 heteroatoms. The molecule has 2 aromatic carbocycles. The summed E-state index contributed by atoms with van der Waals surface area (Å²) in [5.74, 6) is -6.82. The lowest BCUT2D eigenvalue weighted by Gasteiger charge is -2.35. The van der Waals surface area contributed by atoms with E-state index in [1.54, 1.807) is 0 Å². The third-order valence-corrected chi connectivity index (χ3v) is 7.74. The molecular weight excluding hydrogens is 642 g/mol. The normalized spacial score (nSPS) is 22.8. The molecule has 1 heterocycles. The zero-order chi connectivity index (χ0) is 35.0. The highest BCUT2D eigenvalue weighted by molar-refractivity contribution is 5.95. The fourth-order valence-corrected chi connectivity index (χ4v) is 5.29. The van der Waals surface area contributed by atoms with E-state index in [2.05, 4.69) is 0 Å². The van der Waals surface area contributed by atoms with Crippen LogP contribution in [0.25, 0.3) is 0 Å². The van der Waals surface area contributed by atoms with E-state index < -0.39 is 89.5 Å². The number of ketones is 1. The Bertz CT molecular complexity index is 1380. The number of esters is 3. The minimum Gasteiger partial charge on any atom is -0.463 e. The van der Waals surface area contributed by atoms with Gasteiger partial charge in [-0.1, -0.05) is 67.1 Å². The van der Waals surface area contributed by atoms with Crippen molar-refractivity contribution in [2.45, 2.75) is 87.3 Å². The molecule has 0 amide bonds. The van der Waals surface area contributed by atoms with Gasteiger partial charge < -0.3 is 23.7 Å². The van der Waals surface area contributed by atoms with Gasteiger partial charge in [0.05, 0.1) is 12.5 Å². The average molecular weight is 677 g/mol. The van der Waals surface area contributed by atoms with E-state index in [4.69, 9.17) is 23.7 Å². The Morgan fingerprint density at radius 1 is 0.681 bits per heavy atom. The second-order valence-corrected chi connectivity index (χ2v) is 10.8. The van der Waals surface area contributed by atoms with Crippen LogP contribution < -0.4 is 0 Å². The summed E-state index contributed by atoms with van der Waals surface area (Å²) < 4.78 is 112. The van der Waals surface area contributed by atoms with Crippen LogP contribution in [-0.4, -0.2) is 68.6 Å². The maximum atomic E-state index is 14.6. The van der Waals surface area contributed by atoms with Gasteiger partial charge in [0, 0.05) is 25.3 Å². The van der Waals surface area contributed by atoms with Crippen molar-refractivity contribution >= 4 is 23.7 Å². The van der Waals surface area contributed by atoms with Gasteiger partial charge in [-0.15, -0.1) is 0 Å². The Balaban J connectivity index is 2.08. The minimum absolute atomic E-state index is 0.0942. The number of cyclic esters (lactones) is 1. The Kier molecular flexibility index (Phi) is 12.2. The molecule has 0 aromatic heterocycles. The van der Waals surface area contributed by atoms with Crippen molar-refractivity contribution < 1.29 is 69.2 Å². The molecule has 9 nitrogen and oxygen atoms in total. The monoisotopic (exact) mass is 676 g/mol. The first-order valence-corrected chi connectivity index (χ1v) is 14.5. The van der Waals surface area contributed by atoms with Crippen LogP contribution in [0, 0.1) is 0 Å². The smallest absolute Gasteiger partial charge is 0.432 e. The fourth-order valence-electron chi connectivity index (χ4n) is 5.29. The van der Waals surface area contributed by atoms with Gasteiger partial charge in [0.25, 0.3) is 11.2 Å². The molecule has 1 fully saturated rings. The number of rotatable bonds is 8. The van der Waals surface area contributed by atoms with Crippen LogP contribution in [0.2, 0.25) is 0 Å². The number of benzene rings is 2. The Morgan fingerprint density at radius 2 is 1.11 bits per heavy atom. The lowest BCUT2D eigenvalue weighted by Crippen LogP contribution is -2.55. The Morgan fingerprint density at radius 3 is 1.53 bits per heavy atom. The number of Topliss-reactive ketones (excluding diaryl/α,β-unsaturated/α-hetero) is 1. The fraction of sp³-hybridized carbons (Fsp3) is 0.500. The van der Waals surface area contributed by atoms with Gasteiger partial charge in [0.2, 0.25) is 5.78 Å².